The molecule has 6 heteroatoms. The molecule has 0 heterocycles. The van der Waals surface area contributed by atoms with E-state index in [2.05, 4.69) is 10.6 Å². The summed E-state index contributed by atoms with van der Waals surface area (Å²) in [5, 5.41) is 5.42. The smallest absolute Gasteiger partial charge is 0.248 e. The van der Waals surface area contributed by atoms with E-state index in [1.165, 1.54) is 13.0 Å². The highest BCUT2D eigenvalue weighted by molar-refractivity contribution is 6.00. The van der Waals surface area contributed by atoms with Gasteiger partial charge in [0.15, 0.2) is 0 Å². The Kier molecular flexibility index (Phi) is 4.26. The Morgan fingerprint density at radius 2 is 1.89 bits per heavy atom. The van der Waals surface area contributed by atoms with Crippen molar-refractivity contribution >= 4 is 17.5 Å². The zero-order chi connectivity index (χ0) is 14.8. The largest absolute Gasteiger partial charge is 0.366 e. The molecule has 0 aliphatic heterocycles. The minimum Gasteiger partial charge on any atom is -0.366 e. The third-order valence-corrected chi connectivity index (χ3v) is 3.07. The van der Waals surface area contributed by atoms with Crippen LogP contribution in [0.5, 0.6) is 0 Å². The molecular weight excluding hydrogens is 249 g/mol. The maximum absolute atomic E-state index is 13.7. The van der Waals surface area contributed by atoms with Crippen molar-refractivity contribution in [3.8, 4) is 0 Å². The number of carbonyl (C=O) groups excluding carboxylic acids is 2. The number of anilines is 1. The molecule has 4 N–H and O–H groups in total. The minimum absolute atomic E-state index is 0.0145. The first kappa shape index (κ1) is 15.1. The van der Waals surface area contributed by atoms with E-state index >= 15 is 0 Å². The topological polar surface area (TPSA) is 84.2 Å². The van der Waals surface area contributed by atoms with Crippen LogP contribution < -0.4 is 16.4 Å². The van der Waals surface area contributed by atoms with Crippen molar-refractivity contribution in [1.29, 1.82) is 0 Å². The van der Waals surface area contributed by atoms with E-state index in [1.54, 1.807) is 20.9 Å². The Bertz CT molecular complexity index is 527. The van der Waals surface area contributed by atoms with Gasteiger partial charge < -0.3 is 16.4 Å². The van der Waals surface area contributed by atoms with E-state index in [0.29, 0.717) is 0 Å². The van der Waals surface area contributed by atoms with E-state index in [-0.39, 0.29) is 22.7 Å². The van der Waals surface area contributed by atoms with Gasteiger partial charge in [-0.05, 0) is 40.0 Å². The predicted molar refractivity (Wildman–Crippen MR) is 71.4 cm³/mol. The van der Waals surface area contributed by atoms with Gasteiger partial charge in [-0.3, -0.25) is 9.59 Å². The Balaban J connectivity index is 3.14. The fourth-order valence-corrected chi connectivity index (χ4v) is 1.34. The van der Waals surface area contributed by atoms with Crippen molar-refractivity contribution in [2.24, 2.45) is 5.73 Å². The molecule has 0 aromatic heterocycles. The van der Waals surface area contributed by atoms with Crippen molar-refractivity contribution in [2.75, 3.05) is 12.4 Å². The molecule has 0 bridgehead atoms. The molecule has 19 heavy (non-hydrogen) atoms. The molecule has 0 saturated heterocycles. The molecule has 1 rings (SSSR count). The second-order valence-corrected chi connectivity index (χ2v) is 4.82. The highest BCUT2D eigenvalue weighted by Gasteiger charge is 2.26. The molecule has 2 amide bonds. The van der Waals surface area contributed by atoms with Crippen molar-refractivity contribution in [3.63, 3.8) is 0 Å². The number of amides is 2. The fraction of sp³-hybridized carbons (Fsp3) is 0.385. The summed E-state index contributed by atoms with van der Waals surface area (Å²) in [6, 6.07) is 2.42. The molecule has 1 aromatic rings. The summed E-state index contributed by atoms with van der Waals surface area (Å²) in [6.07, 6.45) is 0. The molecule has 0 aliphatic carbocycles. The molecule has 5 nitrogen and oxygen atoms in total. The monoisotopic (exact) mass is 267 g/mol. The van der Waals surface area contributed by atoms with E-state index in [9.17, 15) is 14.0 Å². The van der Waals surface area contributed by atoms with Gasteiger partial charge in [0.25, 0.3) is 0 Å². The van der Waals surface area contributed by atoms with Gasteiger partial charge in [-0.15, -0.1) is 0 Å². The average molecular weight is 267 g/mol. The normalized spacial score (nSPS) is 11.2. The summed E-state index contributed by atoms with van der Waals surface area (Å²) >= 11 is 0. The molecule has 104 valence electrons. The number of likely N-dealkylation sites (N-methyl/N-ethyl adjacent to an activating group) is 1. The maximum atomic E-state index is 13.7. The second-order valence-electron chi connectivity index (χ2n) is 4.82. The molecule has 0 atom stereocenters. The first-order valence-corrected chi connectivity index (χ1v) is 5.79. The van der Waals surface area contributed by atoms with Crippen LogP contribution in [0.15, 0.2) is 12.1 Å². The molecule has 0 fully saturated rings. The van der Waals surface area contributed by atoms with Crippen LogP contribution in [0.1, 0.15) is 29.8 Å². The Morgan fingerprint density at radius 1 is 1.32 bits per heavy atom. The lowest BCUT2D eigenvalue weighted by Gasteiger charge is -2.23. The number of nitrogens with two attached hydrogens (primary N) is 1. The standard InChI is InChI=1S/C13H18FN3O2/c1-7-9(14)5-8(11(15)18)6-10(7)17-12(19)13(2,3)16-4/h5-6,16H,1-4H3,(H2,15,18)(H,17,19). The van der Waals surface area contributed by atoms with Crippen molar-refractivity contribution in [3.05, 3.63) is 29.1 Å². The summed E-state index contributed by atoms with van der Waals surface area (Å²) in [4.78, 5) is 23.1. The molecule has 0 aliphatic rings. The van der Waals surface area contributed by atoms with E-state index in [1.807, 2.05) is 0 Å². The molecule has 0 unspecified atom stereocenters. The van der Waals surface area contributed by atoms with Crippen LogP contribution >= 0.6 is 0 Å². The number of nitrogens with one attached hydrogen (secondary N) is 2. The van der Waals surface area contributed by atoms with E-state index in [0.717, 1.165) is 6.07 Å². The van der Waals surface area contributed by atoms with Gasteiger partial charge in [0.2, 0.25) is 11.8 Å². The molecule has 0 radical (unpaired) electrons. The van der Waals surface area contributed by atoms with Crippen LogP contribution in [-0.2, 0) is 4.79 Å². The van der Waals surface area contributed by atoms with Gasteiger partial charge in [0.1, 0.15) is 5.82 Å². The van der Waals surface area contributed by atoms with Gasteiger partial charge in [0.05, 0.1) is 5.54 Å². The van der Waals surface area contributed by atoms with Gasteiger partial charge >= 0.3 is 0 Å². The lowest BCUT2D eigenvalue weighted by molar-refractivity contribution is -0.121. The third-order valence-electron chi connectivity index (χ3n) is 3.07. The van der Waals surface area contributed by atoms with Gasteiger partial charge in [-0.2, -0.15) is 0 Å². The second kappa shape index (κ2) is 5.36. The number of primary amides is 1. The highest BCUT2D eigenvalue weighted by Crippen LogP contribution is 2.21. The van der Waals surface area contributed by atoms with Crippen molar-refractivity contribution in [1.82, 2.24) is 5.32 Å². The number of halogens is 1. The van der Waals surface area contributed by atoms with E-state index in [4.69, 9.17) is 5.73 Å². The average Bonchev–Trinajstić information content (AvgIpc) is 2.34. The third kappa shape index (κ3) is 3.29. The Morgan fingerprint density at radius 3 is 2.37 bits per heavy atom. The zero-order valence-electron chi connectivity index (χ0n) is 11.4. The Labute approximate surface area is 111 Å². The predicted octanol–water partition coefficient (Wildman–Crippen LogP) is 1.17. The lowest BCUT2D eigenvalue weighted by atomic mass is 10.0. The summed E-state index contributed by atoms with van der Waals surface area (Å²) < 4.78 is 13.7. The van der Waals surface area contributed by atoms with Gasteiger partial charge in [-0.25, -0.2) is 4.39 Å². The summed E-state index contributed by atoms with van der Waals surface area (Å²) in [6.45, 7) is 4.89. The first-order chi connectivity index (χ1) is 8.69. The summed E-state index contributed by atoms with van der Waals surface area (Å²) in [5.74, 6) is -1.67. The van der Waals surface area contributed by atoms with Crippen molar-refractivity contribution < 1.29 is 14.0 Å². The number of rotatable bonds is 4. The van der Waals surface area contributed by atoms with Crippen molar-refractivity contribution in [2.45, 2.75) is 26.3 Å². The molecular formula is C13H18FN3O2. The minimum atomic E-state index is -0.814. The molecule has 0 saturated carbocycles. The van der Waals surface area contributed by atoms with E-state index < -0.39 is 17.3 Å². The number of hydrogen-bond acceptors (Lipinski definition) is 3. The number of benzene rings is 1. The maximum Gasteiger partial charge on any atom is 0.248 e. The van der Waals surface area contributed by atoms with Gasteiger partial charge in [-0.1, -0.05) is 0 Å². The summed E-state index contributed by atoms with van der Waals surface area (Å²) in [7, 11) is 1.65. The van der Waals surface area contributed by atoms with Crippen LogP contribution in [0.2, 0.25) is 0 Å². The van der Waals surface area contributed by atoms with Crippen LogP contribution in [0.3, 0.4) is 0 Å². The molecule has 0 spiro atoms. The Hall–Kier alpha value is -1.95. The van der Waals surface area contributed by atoms with Crippen LogP contribution in [0.25, 0.3) is 0 Å². The van der Waals surface area contributed by atoms with Crippen LogP contribution in [0.4, 0.5) is 10.1 Å². The number of hydrogen-bond donors (Lipinski definition) is 3. The zero-order valence-corrected chi connectivity index (χ0v) is 11.4. The summed E-state index contributed by atoms with van der Waals surface area (Å²) in [5.41, 5.74) is 4.81. The quantitative estimate of drug-likeness (QED) is 0.765. The lowest BCUT2D eigenvalue weighted by Crippen LogP contribution is -2.48. The van der Waals surface area contributed by atoms with Crippen LogP contribution in [-0.4, -0.2) is 24.4 Å². The van der Waals surface area contributed by atoms with Crippen LogP contribution in [0, 0.1) is 12.7 Å². The van der Waals surface area contributed by atoms with Gasteiger partial charge in [0, 0.05) is 16.8 Å². The molecule has 1 aromatic carbocycles. The fourth-order valence-electron chi connectivity index (χ4n) is 1.34. The highest BCUT2D eigenvalue weighted by atomic mass is 19.1. The number of carbonyl (C=O) groups is 2. The SMILES string of the molecule is CNC(C)(C)C(=O)Nc1cc(C(N)=O)cc(F)c1C. The first-order valence-electron chi connectivity index (χ1n) is 5.79.